The molecule has 5 nitrogen and oxygen atoms in total. The van der Waals surface area contributed by atoms with Crippen molar-refractivity contribution in [2.45, 2.75) is 6.92 Å². The number of benzene rings is 2. The molecule has 0 unspecified atom stereocenters. The molecule has 0 atom stereocenters. The molecule has 5 heteroatoms. The molecule has 94 valence electrons. The lowest BCUT2D eigenvalue weighted by atomic mass is 9.95. The highest BCUT2D eigenvalue weighted by Gasteiger charge is 2.13. The van der Waals surface area contributed by atoms with Crippen LogP contribution < -0.4 is 5.73 Å². The van der Waals surface area contributed by atoms with Crippen molar-refractivity contribution in [3.05, 3.63) is 48.0 Å². The zero-order valence-electron chi connectivity index (χ0n) is 10.5. The fourth-order valence-corrected chi connectivity index (χ4v) is 2.14. The molecule has 0 aliphatic rings. The summed E-state index contributed by atoms with van der Waals surface area (Å²) in [5, 5.41) is 14.3. The van der Waals surface area contributed by atoms with Crippen LogP contribution in [0.2, 0.25) is 0 Å². The SMILES string of the molecule is Cc1cccc(-c2ccc(N)cc2)c1-c1nn[nH]n1. The zero-order chi connectivity index (χ0) is 13.2. The van der Waals surface area contributed by atoms with E-state index in [2.05, 4.69) is 20.6 Å². The van der Waals surface area contributed by atoms with Crippen molar-refractivity contribution in [3.8, 4) is 22.5 Å². The molecular weight excluding hydrogens is 238 g/mol. The van der Waals surface area contributed by atoms with Crippen LogP contribution in [0.4, 0.5) is 5.69 Å². The second kappa shape index (κ2) is 4.53. The van der Waals surface area contributed by atoms with Crippen molar-refractivity contribution < 1.29 is 0 Å². The molecule has 0 radical (unpaired) electrons. The third-order valence-electron chi connectivity index (χ3n) is 3.06. The van der Waals surface area contributed by atoms with Crippen molar-refractivity contribution in [2.75, 3.05) is 5.73 Å². The molecular formula is C14H13N5. The van der Waals surface area contributed by atoms with E-state index in [9.17, 15) is 0 Å². The van der Waals surface area contributed by atoms with Gasteiger partial charge in [-0.25, -0.2) is 0 Å². The number of nitrogen functional groups attached to an aromatic ring is 1. The lowest BCUT2D eigenvalue weighted by Crippen LogP contribution is -1.92. The number of aromatic nitrogens is 4. The van der Waals surface area contributed by atoms with Gasteiger partial charge < -0.3 is 5.73 Å². The summed E-state index contributed by atoms with van der Waals surface area (Å²) in [6.45, 7) is 2.03. The molecule has 1 heterocycles. The predicted octanol–water partition coefficient (Wildman–Crippen LogP) is 2.42. The number of nitrogens with one attached hydrogen (secondary N) is 1. The second-order valence-corrected chi connectivity index (χ2v) is 4.35. The highest BCUT2D eigenvalue weighted by Crippen LogP contribution is 2.32. The van der Waals surface area contributed by atoms with Crippen LogP contribution >= 0.6 is 0 Å². The zero-order valence-corrected chi connectivity index (χ0v) is 10.5. The van der Waals surface area contributed by atoms with E-state index < -0.39 is 0 Å². The standard InChI is InChI=1S/C14H13N5/c1-9-3-2-4-12(10-5-7-11(15)8-6-10)13(9)14-16-18-19-17-14/h2-8H,15H2,1H3,(H,16,17,18,19). The number of H-pyrrole nitrogens is 1. The molecule has 0 saturated carbocycles. The smallest absolute Gasteiger partial charge is 0.205 e. The molecule has 0 amide bonds. The average molecular weight is 251 g/mol. The van der Waals surface area contributed by atoms with Crippen LogP contribution in [0.1, 0.15) is 5.56 Å². The fraction of sp³-hybridized carbons (Fsp3) is 0.0714. The molecule has 0 aliphatic carbocycles. The Morgan fingerprint density at radius 1 is 1.05 bits per heavy atom. The van der Waals surface area contributed by atoms with Gasteiger partial charge in [-0.2, -0.15) is 5.21 Å². The number of hydrogen-bond donors (Lipinski definition) is 2. The van der Waals surface area contributed by atoms with E-state index in [-0.39, 0.29) is 0 Å². The number of aromatic amines is 1. The quantitative estimate of drug-likeness (QED) is 0.685. The van der Waals surface area contributed by atoms with Crippen LogP contribution in [-0.2, 0) is 0 Å². The van der Waals surface area contributed by atoms with Crippen LogP contribution in [0.15, 0.2) is 42.5 Å². The Hall–Kier alpha value is -2.69. The van der Waals surface area contributed by atoms with Crippen molar-refractivity contribution in [2.24, 2.45) is 0 Å². The first kappa shape index (κ1) is 11.4. The average Bonchev–Trinajstić information content (AvgIpc) is 2.93. The summed E-state index contributed by atoms with van der Waals surface area (Å²) in [5.41, 5.74) is 10.7. The third-order valence-corrected chi connectivity index (χ3v) is 3.06. The molecule has 3 N–H and O–H groups in total. The Morgan fingerprint density at radius 3 is 2.53 bits per heavy atom. The molecule has 1 aromatic heterocycles. The maximum absolute atomic E-state index is 5.73. The molecule has 3 aromatic rings. The molecule has 3 rings (SSSR count). The second-order valence-electron chi connectivity index (χ2n) is 4.35. The summed E-state index contributed by atoms with van der Waals surface area (Å²) in [6, 6.07) is 13.9. The van der Waals surface area contributed by atoms with Gasteiger partial charge in [-0.3, -0.25) is 0 Å². The molecule has 0 saturated heterocycles. The van der Waals surface area contributed by atoms with Gasteiger partial charge in [-0.05, 0) is 41.0 Å². The highest BCUT2D eigenvalue weighted by molar-refractivity contribution is 5.82. The first-order valence-corrected chi connectivity index (χ1v) is 5.95. The van der Waals surface area contributed by atoms with E-state index in [4.69, 9.17) is 5.73 Å². The number of anilines is 1. The molecule has 19 heavy (non-hydrogen) atoms. The maximum Gasteiger partial charge on any atom is 0.205 e. The summed E-state index contributed by atoms with van der Waals surface area (Å²) in [6.07, 6.45) is 0. The van der Waals surface area contributed by atoms with E-state index in [1.165, 1.54) is 0 Å². The van der Waals surface area contributed by atoms with Crippen LogP contribution in [-0.4, -0.2) is 20.6 Å². The van der Waals surface area contributed by atoms with Crippen LogP contribution in [0, 0.1) is 6.92 Å². The van der Waals surface area contributed by atoms with Gasteiger partial charge in [0.05, 0.1) is 0 Å². The summed E-state index contributed by atoms with van der Waals surface area (Å²) >= 11 is 0. The third kappa shape index (κ3) is 2.06. The van der Waals surface area contributed by atoms with Gasteiger partial charge in [0.25, 0.3) is 0 Å². The van der Waals surface area contributed by atoms with Crippen molar-refractivity contribution >= 4 is 5.69 Å². The van der Waals surface area contributed by atoms with E-state index >= 15 is 0 Å². The first-order chi connectivity index (χ1) is 9.25. The highest BCUT2D eigenvalue weighted by atomic mass is 15.5. The number of nitrogens with zero attached hydrogens (tertiary/aromatic N) is 3. The molecule has 2 aromatic carbocycles. The maximum atomic E-state index is 5.73. The fourth-order valence-electron chi connectivity index (χ4n) is 2.14. The largest absolute Gasteiger partial charge is 0.399 e. The molecule has 0 spiro atoms. The summed E-state index contributed by atoms with van der Waals surface area (Å²) in [7, 11) is 0. The van der Waals surface area contributed by atoms with E-state index in [0.717, 1.165) is 27.9 Å². The summed E-state index contributed by atoms with van der Waals surface area (Å²) in [5.74, 6) is 0.602. The van der Waals surface area contributed by atoms with E-state index in [0.29, 0.717) is 5.82 Å². The van der Waals surface area contributed by atoms with Crippen molar-refractivity contribution in [1.29, 1.82) is 0 Å². The molecule has 0 aliphatic heterocycles. The van der Waals surface area contributed by atoms with Crippen LogP contribution in [0.3, 0.4) is 0 Å². The number of hydrogen-bond acceptors (Lipinski definition) is 4. The monoisotopic (exact) mass is 251 g/mol. The van der Waals surface area contributed by atoms with Crippen LogP contribution in [0.25, 0.3) is 22.5 Å². The summed E-state index contributed by atoms with van der Waals surface area (Å²) in [4.78, 5) is 0. The minimum absolute atomic E-state index is 0.602. The van der Waals surface area contributed by atoms with Crippen LogP contribution in [0.5, 0.6) is 0 Å². The lowest BCUT2D eigenvalue weighted by Gasteiger charge is -2.10. The number of rotatable bonds is 2. The topological polar surface area (TPSA) is 80.5 Å². The van der Waals surface area contributed by atoms with Gasteiger partial charge in [-0.1, -0.05) is 30.3 Å². The van der Waals surface area contributed by atoms with Crippen molar-refractivity contribution in [1.82, 2.24) is 20.6 Å². The van der Waals surface area contributed by atoms with Crippen molar-refractivity contribution in [3.63, 3.8) is 0 Å². The minimum Gasteiger partial charge on any atom is -0.399 e. The minimum atomic E-state index is 0.602. The van der Waals surface area contributed by atoms with E-state index in [1.54, 1.807) is 0 Å². The van der Waals surface area contributed by atoms with Gasteiger partial charge >= 0.3 is 0 Å². The Bertz CT molecular complexity index is 686. The Balaban J connectivity index is 2.22. The predicted molar refractivity (Wildman–Crippen MR) is 74.2 cm³/mol. The van der Waals surface area contributed by atoms with Gasteiger partial charge in [0, 0.05) is 11.3 Å². The van der Waals surface area contributed by atoms with Gasteiger partial charge in [0.2, 0.25) is 5.82 Å². The Kier molecular flexibility index (Phi) is 2.72. The number of tetrazole rings is 1. The first-order valence-electron chi connectivity index (χ1n) is 5.95. The lowest BCUT2D eigenvalue weighted by molar-refractivity contribution is 0.881. The van der Waals surface area contributed by atoms with E-state index in [1.807, 2.05) is 49.4 Å². The molecule has 0 bridgehead atoms. The normalized spacial score (nSPS) is 10.6. The van der Waals surface area contributed by atoms with Gasteiger partial charge in [0.15, 0.2) is 0 Å². The number of aryl methyl sites for hydroxylation is 1. The summed E-state index contributed by atoms with van der Waals surface area (Å²) < 4.78 is 0. The van der Waals surface area contributed by atoms with Gasteiger partial charge in [0.1, 0.15) is 0 Å². The molecule has 0 fully saturated rings. The Morgan fingerprint density at radius 2 is 1.84 bits per heavy atom. The van der Waals surface area contributed by atoms with Gasteiger partial charge in [-0.15, -0.1) is 10.2 Å². The number of nitrogens with two attached hydrogens (primary N) is 1. The Labute approximate surface area is 110 Å².